The van der Waals surface area contributed by atoms with Crippen molar-refractivity contribution in [3.8, 4) is 0 Å². The Morgan fingerprint density at radius 3 is 2.30 bits per heavy atom. The molecule has 0 saturated carbocycles. The third-order valence-electron chi connectivity index (χ3n) is 5.28. The van der Waals surface area contributed by atoms with Crippen LogP contribution in [0.4, 0.5) is 0 Å². The van der Waals surface area contributed by atoms with E-state index >= 15 is 0 Å². The first-order chi connectivity index (χ1) is 15.8. The molecule has 2 amide bonds. The Balaban J connectivity index is 1.52. The van der Waals surface area contributed by atoms with Crippen LogP contribution in [0.2, 0.25) is 0 Å². The molecule has 1 saturated heterocycles. The Bertz CT molecular complexity index is 1110. The summed E-state index contributed by atoms with van der Waals surface area (Å²) in [7, 11) is -3.75. The van der Waals surface area contributed by atoms with E-state index in [1.165, 1.54) is 28.6 Å². The van der Waals surface area contributed by atoms with Gasteiger partial charge in [-0.15, -0.1) is 0 Å². The number of carbonyl (C=O) groups excluding carboxylic acids is 3. The number of hydrogen-bond donors (Lipinski definition) is 2. The van der Waals surface area contributed by atoms with E-state index in [0.29, 0.717) is 18.8 Å². The standard InChI is InChI=1S/C23H27N3O6S/c1-2-17-6-8-18(9-7-17)21(27)10-11-22(28)24-25-23(29)19-4-3-5-20(16-19)33(30,31)26-12-14-32-15-13-26/h3-9,16H,2,10-15H2,1H3,(H,24,28)(H,25,29). The van der Waals surface area contributed by atoms with E-state index in [1.807, 2.05) is 19.1 Å². The number of ketones is 1. The molecule has 3 rings (SSSR count). The Morgan fingerprint density at radius 1 is 0.939 bits per heavy atom. The van der Waals surface area contributed by atoms with Crippen molar-refractivity contribution in [2.75, 3.05) is 26.3 Å². The quantitative estimate of drug-likeness (QED) is 0.445. The lowest BCUT2D eigenvalue weighted by atomic mass is 10.0. The molecule has 0 spiro atoms. The van der Waals surface area contributed by atoms with Gasteiger partial charge in [-0.3, -0.25) is 25.2 Å². The van der Waals surface area contributed by atoms with Gasteiger partial charge in [0.2, 0.25) is 15.9 Å². The van der Waals surface area contributed by atoms with Crippen molar-refractivity contribution in [1.29, 1.82) is 0 Å². The van der Waals surface area contributed by atoms with E-state index < -0.39 is 21.8 Å². The molecule has 33 heavy (non-hydrogen) atoms. The minimum Gasteiger partial charge on any atom is -0.379 e. The van der Waals surface area contributed by atoms with Crippen molar-refractivity contribution in [3.05, 3.63) is 65.2 Å². The van der Waals surface area contributed by atoms with E-state index in [4.69, 9.17) is 4.74 Å². The van der Waals surface area contributed by atoms with Crippen LogP contribution >= 0.6 is 0 Å². The van der Waals surface area contributed by atoms with Crippen LogP contribution in [0.1, 0.15) is 46.0 Å². The number of aryl methyl sites for hydroxylation is 1. The number of sulfonamides is 1. The fourth-order valence-corrected chi connectivity index (χ4v) is 4.75. The first-order valence-corrected chi connectivity index (χ1v) is 12.1. The molecule has 0 atom stereocenters. The summed E-state index contributed by atoms with van der Waals surface area (Å²) in [6, 6.07) is 12.8. The monoisotopic (exact) mass is 473 g/mol. The number of amides is 2. The molecular formula is C23H27N3O6S. The van der Waals surface area contributed by atoms with E-state index in [0.717, 1.165) is 12.0 Å². The maximum absolute atomic E-state index is 12.8. The largest absolute Gasteiger partial charge is 0.379 e. The lowest BCUT2D eigenvalue weighted by molar-refractivity contribution is -0.121. The topological polar surface area (TPSA) is 122 Å². The Hall–Kier alpha value is -3.08. The summed E-state index contributed by atoms with van der Waals surface area (Å²) in [6.45, 7) is 3.15. The van der Waals surface area contributed by atoms with Gasteiger partial charge >= 0.3 is 0 Å². The molecule has 1 aliphatic heterocycles. The number of nitrogens with zero attached hydrogens (tertiary/aromatic N) is 1. The molecule has 2 aromatic rings. The zero-order valence-corrected chi connectivity index (χ0v) is 19.2. The van der Waals surface area contributed by atoms with Gasteiger partial charge in [0.05, 0.1) is 18.1 Å². The zero-order chi connectivity index (χ0) is 23.8. The molecule has 0 bridgehead atoms. The molecule has 176 valence electrons. The fourth-order valence-electron chi connectivity index (χ4n) is 3.29. The average Bonchev–Trinajstić information content (AvgIpc) is 2.86. The minimum absolute atomic E-state index is 0.000450. The highest BCUT2D eigenvalue weighted by Crippen LogP contribution is 2.18. The molecule has 0 aliphatic carbocycles. The summed E-state index contributed by atoms with van der Waals surface area (Å²) in [4.78, 5) is 36.7. The van der Waals surface area contributed by atoms with E-state index in [1.54, 1.807) is 12.1 Å². The third kappa shape index (κ3) is 6.47. The van der Waals surface area contributed by atoms with Crippen molar-refractivity contribution < 1.29 is 27.5 Å². The Morgan fingerprint density at radius 2 is 1.64 bits per heavy atom. The van der Waals surface area contributed by atoms with E-state index in [-0.39, 0.29) is 42.2 Å². The molecule has 0 unspecified atom stereocenters. The molecular weight excluding hydrogens is 446 g/mol. The molecule has 9 nitrogen and oxygen atoms in total. The van der Waals surface area contributed by atoms with Crippen LogP contribution in [0.25, 0.3) is 0 Å². The van der Waals surface area contributed by atoms with Gasteiger partial charge in [0, 0.05) is 37.1 Å². The van der Waals surface area contributed by atoms with Gasteiger partial charge in [0.15, 0.2) is 5.78 Å². The van der Waals surface area contributed by atoms with Crippen LogP contribution in [0, 0.1) is 0 Å². The molecule has 10 heteroatoms. The van der Waals surface area contributed by atoms with Crippen LogP contribution in [0.5, 0.6) is 0 Å². The summed E-state index contributed by atoms with van der Waals surface area (Å²) < 4.78 is 32.0. The van der Waals surface area contributed by atoms with Gasteiger partial charge in [-0.2, -0.15) is 4.31 Å². The average molecular weight is 474 g/mol. The molecule has 0 radical (unpaired) electrons. The summed E-state index contributed by atoms with van der Waals surface area (Å²) in [6.07, 6.45) is 0.777. The lowest BCUT2D eigenvalue weighted by Crippen LogP contribution is -2.42. The number of hydrazine groups is 1. The summed E-state index contributed by atoms with van der Waals surface area (Å²) in [5, 5.41) is 0. The van der Waals surface area contributed by atoms with Crippen LogP contribution in [0.15, 0.2) is 53.4 Å². The third-order valence-corrected chi connectivity index (χ3v) is 7.18. The number of ether oxygens (including phenoxy) is 1. The number of hydrogen-bond acceptors (Lipinski definition) is 6. The van der Waals surface area contributed by atoms with Gasteiger partial charge in [0.25, 0.3) is 5.91 Å². The summed E-state index contributed by atoms with van der Waals surface area (Å²) in [5.41, 5.74) is 6.25. The van der Waals surface area contributed by atoms with Crippen LogP contribution in [-0.2, 0) is 26.0 Å². The zero-order valence-electron chi connectivity index (χ0n) is 18.4. The first-order valence-electron chi connectivity index (χ1n) is 10.7. The summed E-state index contributed by atoms with van der Waals surface area (Å²) in [5.74, 6) is -1.36. The SMILES string of the molecule is CCc1ccc(C(=O)CCC(=O)NNC(=O)c2cccc(S(=O)(=O)N3CCOCC3)c2)cc1. The molecule has 2 aromatic carbocycles. The highest BCUT2D eigenvalue weighted by atomic mass is 32.2. The second-order valence-electron chi connectivity index (χ2n) is 7.52. The van der Waals surface area contributed by atoms with Gasteiger partial charge in [-0.1, -0.05) is 37.3 Å². The minimum atomic E-state index is -3.75. The highest BCUT2D eigenvalue weighted by Gasteiger charge is 2.27. The second kappa shape index (κ2) is 11.2. The highest BCUT2D eigenvalue weighted by molar-refractivity contribution is 7.89. The van der Waals surface area contributed by atoms with Crippen LogP contribution in [0.3, 0.4) is 0 Å². The molecule has 1 fully saturated rings. The predicted octanol–water partition coefficient (Wildman–Crippen LogP) is 1.69. The van der Waals surface area contributed by atoms with Crippen molar-refractivity contribution in [2.45, 2.75) is 31.1 Å². The number of benzene rings is 2. The maximum atomic E-state index is 12.8. The summed E-state index contributed by atoms with van der Waals surface area (Å²) >= 11 is 0. The molecule has 0 aromatic heterocycles. The van der Waals surface area contributed by atoms with Crippen molar-refractivity contribution in [2.24, 2.45) is 0 Å². The van der Waals surface area contributed by atoms with Crippen molar-refractivity contribution in [1.82, 2.24) is 15.2 Å². The Kier molecular flexibility index (Phi) is 8.32. The van der Waals surface area contributed by atoms with Gasteiger partial charge < -0.3 is 4.74 Å². The number of morpholine rings is 1. The molecule has 2 N–H and O–H groups in total. The number of carbonyl (C=O) groups is 3. The van der Waals surface area contributed by atoms with Gasteiger partial charge in [-0.05, 0) is 30.2 Å². The normalized spacial score (nSPS) is 14.5. The van der Waals surface area contributed by atoms with Crippen molar-refractivity contribution >= 4 is 27.6 Å². The molecule has 1 aliphatic rings. The number of Topliss-reactive ketones (excluding diaryl/α,β-unsaturated/α-hetero) is 1. The van der Waals surface area contributed by atoms with Crippen molar-refractivity contribution in [3.63, 3.8) is 0 Å². The van der Waals surface area contributed by atoms with Gasteiger partial charge in [-0.25, -0.2) is 8.42 Å². The maximum Gasteiger partial charge on any atom is 0.269 e. The smallest absolute Gasteiger partial charge is 0.269 e. The van der Waals surface area contributed by atoms with E-state index in [2.05, 4.69) is 10.9 Å². The van der Waals surface area contributed by atoms with Gasteiger partial charge in [0.1, 0.15) is 0 Å². The fraction of sp³-hybridized carbons (Fsp3) is 0.348. The van der Waals surface area contributed by atoms with Crippen LogP contribution < -0.4 is 10.9 Å². The number of rotatable bonds is 8. The lowest BCUT2D eigenvalue weighted by Gasteiger charge is -2.26. The number of nitrogens with one attached hydrogen (secondary N) is 2. The Labute approximate surface area is 193 Å². The van der Waals surface area contributed by atoms with E-state index in [9.17, 15) is 22.8 Å². The predicted molar refractivity (Wildman–Crippen MR) is 121 cm³/mol. The van der Waals surface area contributed by atoms with Crippen LogP contribution in [-0.4, -0.2) is 56.6 Å². The first kappa shape index (κ1) is 24.6. The second-order valence-corrected chi connectivity index (χ2v) is 9.46. The molecule has 1 heterocycles.